The van der Waals surface area contributed by atoms with Gasteiger partial charge in [-0.2, -0.15) is 5.10 Å². The number of allylic oxidation sites excluding steroid dienone is 1. The lowest BCUT2D eigenvalue weighted by Gasteiger charge is -2.01. The first kappa shape index (κ1) is 14.1. The Morgan fingerprint density at radius 3 is 2.91 bits per heavy atom. The molecular weight excluding hydrogens is 291 g/mol. The van der Waals surface area contributed by atoms with Gasteiger partial charge in [0.2, 0.25) is 0 Å². The minimum atomic E-state index is -0.865. The topological polar surface area (TPSA) is 100 Å². The molecule has 8 heteroatoms. The lowest BCUT2D eigenvalue weighted by Crippen LogP contribution is -2.22. The van der Waals surface area contributed by atoms with E-state index in [1.807, 2.05) is 0 Å². The molecule has 3 heterocycles. The number of aryl methyl sites for hydroxylation is 1. The Kier molecular flexibility index (Phi) is 3.50. The van der Waals surface area contributed by atoms with Crippen LogP contribution in [0.5, 0.6) is 0 Å². The largest absolute Gasteiger partial charge is 0.463 e. The highest BCUT2D eigenvalue weighted by Crippen LogP contribution is 2.26. The third-order valence-corrected chi connectivity index (χ3v) is 3.38. The molecule has 0 aromatic carbocycles. The Balaban J connectivity index is 1.92. The van der Waals surface area contributed by atoms with Crippen LogP contribution in [-0.2, 0) is 4.79 Å². The number of halogens is 1. The summed E-state index contributed by atoms with van der Waals surface area (Å²) in [6.07, 6.45) is 4.74. The first-order chi connectivity index (χ1) is 10.6. The van der Waals surface area contributed by atoms with E-state index in [9.17, 15) is 14.0 Å². The Bertz CT molecular complexity index is 748. The van der Waals surface area contributed by atoms with E-state index in [2.05, 4.69) is 20.8 Å². The van der Waals surface area contributed by atoms with E-state index in [0.717, 1.165) is 0 Å². The molecule has 0 bridgehead atoms. The molecule has 1 aliphatic heterocycles. The summed E-state index contributed by atoms with van der Waals surface area (Å²) in [5.41, 5.74) is 1.71. The smallest absolute Gasteiger partial charge is 0.322 e. The van der Waals surface area contributed by atoms with Gasteiger partial charge in [-0.05, 0) is 24.6 Å². The predicted octanol–water partition coefficient (Wildman–Crippen LogP) is 1.70. The van der Waals surface area contributed by atoms with Crippen LogP contribution in [-0.4, -0.2) is 28.8 Å². The number of hydrogen-bond donors (Lipinski definition) is 3. The van der Waals surface area contributed by atoms with Crippen molar-refractivity contribution >= 4 is 23.6 Å². The summed E-state index contributed by atoms with van der Waals surface area (Å²) in [6.45, 7) is 1.04. The number of urea groups is 1. The highest BCUT2D eigenvalue weighted by Gasteiger charge is 2.33. The van der Waals surface area contributed by atoms with Gasteiger partial charge in [-0.1, -0.05) is 0 Å². The Hall–Kier alpha value is -2.90. The number of rotatable bonds is 4. The van der Waals surface area contributed by atoms with E-state index >= 15 is 0 Å². The van der Waals surface area contributed by atoms with E-state index in [0.29, 0.717) is 28.2 Å². The predicted molar refractivity (Wildman–Crippen MR) is 75.3 cm³/mol. The second-order valence-electron chi connectivity index (χ2n) is 4.85. The maximum Gasteiger partial charge on any atom is 0.322 e. The van der Waals surface area contributed by atoms with Crippen LogP contribution in [0.3, 0.4) is 0 Å². The summed E-state index contributed by atoms with van der Waals surface area (Å²) < 4.78 is 18.7. The highest BCUT2D eigenvalue weighted by molar-refractivity contribution is 6.04. The molecule has 0 aliphatic carbocycles. The number of furan rings is 1. The number of nitrogens with zero attached hydrogens (tertiary/aromatic N) is 1. The zero-order valence-electron chi connectivity index (χ0n) is 11.6. The molecule has 2 aromatic heterocycles. The minimum Gasteiger partial charge on any atom is -0.463 e. The SMILES string of the molecule is Cc1oc(C2NC(=O)NC2=O)cc1/C=C(\CF)c1cn[nH]c1. The quantitative estimate of drug-likeness (QED) is 0.748. The van der Waals surface area contributed by atoms with Gasteiger partial charge in [0.05, 0.1) is 6.20 Å². The molecule has 1 aliphatic rings. The van der Waals surface area contributed by atoms with Crippen molar-refractivity contribution in [3.8, 4) is 0 Å². The van der Waals surface area contributed by atoms with Crippen LogP contribution < -0.4 is 10.6 Å². The van der Waals surface area contributed by atoms with Crippen LogP contribution in [0.15, 0.2) is 22.9 Å². The van der Waals surface area contributed by atoms with Gasteiger partial charge in [-0.25, -0.2) is 9.18 Å². The summed E-state index contributed by atoms with van der Waals surface area (Å²) in [5, 5.41) is 11.0. The Morgan fingerprint density at radius 2 is 2.32 bits per heavy atom. The molecule has 3 N–H and O–H groups in total. The van der Waals surface area contributed by atoms with Crippen molar-refractivity contribution < 1.29 is 18.4 Å². The van der Waals surface area contributed by atoms with Crippen molar-refractivity contribution in [2.24, 2.45) is 0 Å². The summed E-state index contributed by atoms with van der Waals surface area (Å²) in [6, 6.07) is 0.182. The normalized spacial score (nSPS) is 18.5. The molecule has 1 fully saturated rings. The molecule has 0 saturated carbocycles. The maximum absolute atomic E-state index is 13.2. The van der Waals surface area contributed by atoms with Gasteiger partial charge in [0.25, 0.3) is 5.91 Å². The van der Waals surface area contributed by atoms with E-state index in [4.69, 9.17) is 4.42 Å². The van der Waals surface area contributed by atoms with E-state index < -0.39 is 24.7 Å². The first-order valence-electron chi connectivity index (χ1n) is 6.56. The van der Waals surface area contributed by atoms with Crippen LogP contribution in [0, 0.1) is 6.92 Å². The zero-order valence-corrected chi connectivity index (χ0v) is 11.6. The summed E-state index contributed by atoms with van der Waals surface area (Å²) in [5.74, 6) is 0.353. The van der Waals surface area contributed by atoms with Crippen molar-refractivity contribution in [3.63, 3.8) is 0 Å². The summed E-state index contributed by atoms with van der Waals surface area (Å²) in [7, 11) is 0. The fourth-order valence-electron chi connectivity index (χ4n) is 2.24. The molecule has 0 spiro atoms. The third kappa shape index (κ3) is 2.50. The van der Waals surface area contributed by atoms with Gasteiger partial charge in [-0.3, -0.25) is 15.2 Å². The first-order valence-corrected chi connectivity index (χ1v) is 6.56. The monoisotopic (exact) mass is 304 g/mol. The number of hydrogen-bond acceptors (Lipinski definition) is 4. The summed E-state index contributed by atoms with van der Waals surface area (Å²) in [4.78, 5) is 22.8. The Labute approximate surface area is 124 Å². The number of imide groups is 1. The zero-order chi connectivity index (χ0) is 15.7. The number of nitrogens with one attached hydrogen (secondary N) is 3. The molecule has 3 amide bonds. The molecule has 7 nitrogen and oxygen atoms in total. The van der Waals surface area contributed by atoms with E-state index in [1.165, 1.54) is 6.20 Å². The molecular formula is C14H13FN4O3. The van der Waals surface area contributed by atoms with Crippen LogP contribution in [0.1, 0.15) is 28.7 Å². The number of carbonyl (C=O) groups excluding carboxylic acids is 2. The molecule has 3 rings (SSSR count). The van der Waals surface area contributed by atoms with Gasteiger partial charge in [0.15, 0.2) is 6.04 Å². The molecule has 22 heavy (non-hydrogen) atoms. The van der Waals surface area contributed by atoms with Gasteiger partial charge >= 0.3 is 6.03 Å². The lowest BCUT2D eigenvalue weighted by molar-refractivity contribution is -0.120. The number of amides is 3. The van der Waals surface area contributed by atoms with Gasteiger partial charge in [0, 0.05) is 17.3 Å². The number of carbonyl (C=O) groups is 2. The molecule has 1 unspecified atom stereocenters. The van der Waals surface area contributed by atoms with Gasteiger partial charge in [-0.15, -0.1) is 0 Å². The molecule has 2 aromatic rings. The number of aromatic nitrogens is 2. The number of alkyl halides is 1. The summed E-state index contributed by atoms with van der Waals surface area (Å²) >= 11 is 0. The van der Waals surface area contributed by atoms with Crippen molar-refractivity contribution in [3.05, 3.63) is 41.1 Å². The van der Waals surface area contributed by atoms with Crippen LogP contribution >= 0.6 is 0 Å². The average Bonchev–Trinajstić information content (AvgIpc) is 3.18. The van der Waals surface area contributed by atoms with Gasteiger partial charge < -0.3 is 9.73 Å². The van der Waals surface area contributed by atoms with Crippen LogP contribution in [0.2, 0.25) is 0 Å². The van der Waals surface area contributed by atoms with Crippen molar-refractivity contribution in [1.29, 1.82) is 0 Å². The second-order valence-corrected chi connectivity index (χ2v) is 4.85. The van der Waals surface area contributed by atoms with Crippen molar-refractivity contribution in [2.45, 2.75) is 13.0 Å². The third-order valence-electron chi connectivity index (χ3n) is 3.38. The van der Waals surface area contributed by atoms with E-state index in [-0.39, 0.29) is 0 Å². The minimum absolute atomic E-state index is 0.303. The molecule has 0 radical (unpaired) electrons. The van der Waals surface area contributed by atoms with Gasteiger partial charge in [0.1, 0.15) is 18.2 Å². The molecule has 1 saturated heterocycles. The average molecular weight is 304 g/mol. The standard InChI is InChI=1S/C14H13FN4O3/c1-7-8(2-9(4-15)10-5-16-17-6-10)3-11(22-7)12-13(20)19-14(21)18-12/h2-3,5-6,12H,4H2,1H3,(H,16,17)(H2,18,19,20,21)/b9-2+. The highest BCUT2D eigenvalue weighted by atomic mass is 19.1. The number of H-pyrrole nitrogens is 1. The fourth-order valence-corrected chi connectivity index (χ4v) is 2.24. The maximum atomic E-state index is 13.2. The van der Waals surface area contributed by atoms with Crippen molar-refractivity contribution in [1.82, 2.24) is 20.8 Å². The number of aromatic amines is 1. The van der Waals surface area contributed by atoms with Crippen LogP contribution in [0.4, 0.5) is 9.18 Å². The fraction of sp³-hybridized carbons (Fsp3) is 0.214. The van der Waals surface area contributed by atoms with Crippen molar-refractivity contribution in [2.75, 3.05) is 6.67 Å². The Morgan fingerprint density at radius 1 is 1.50 bits per heavy atom. The molecule has 1 atom stereocenters. The molecule has 114 valence electrons. The van der Waals surface area contributed by atoms with Crippen LogP contribution in [0.25, 0.3) is 11.6 Å². The lowest BCUT2D eigenvalue weighted by atomic mass is 10.1. The second kappa shape index (κ2) is 5.47. The van der Waals surface area contributed by atoms with E-state index in [1.54, 1.807) is 25.3 Å².